The lowest BCUT2D eigenvalue weighted by Crippen LogP contribution is -2.01. The fourth-order valence-corrected chi connectivity index (χ4v) is 1.99. The number of hydrogen-bond acceptors (Lipinski definition) is 3. The Labute approximate surface area is 110 Å². The summed E-state index contributed by atoms with van der Waals surface area (Å²) in [6.07, 6.45) is 4.52. The SMILES string of the molecule is CCCc1nc(=S)c(C)c(-c2ccncc2F)[nH]1. The molecule has 18 heavy (non-hydrogen) atoms. The van der Waals surface area contributed by atoms with Gasteiger partial charge in [-0.05, 0) is 19.4 Å². The maximum atomic E-state index is 13.8. The van der Waals surface area contributed by atoms with Gasteiger partial charge in [-0.15, -0.1) is 0 Å². The van der Waals surface area contributed by atoms with Gasteiger partial charge >= 0.3 is 0 Å². The van der Waals surface area contributed by atoms with Crippen molar-refractivity contribution < 1.29 is 4.39 Å². The van der Waals surface area contributed by atoms with Gasteiger partial charge in [-0.2, -0.15) is 0 Å². The number of aromatic amines is 1. The first-order valence-electron chi connectivity index (χ1n) is 5.83. The van der Waals surface area contributed by atoms with E-state index in [0.29, 0.717) is 15.9 Å². The van der Waals surface area contributed by atoms with Gasteiger partial charge in [0.15, 0.2) is 5.82 Å². The van der Waals surface area contributed by atoms with Gasteiger partial charge in [-0.25, -0.2) is 9.37 Å². The average molecular weight is 263 g/mol. The molecule has 2 rings (SSSR count). The smallest absolute Gasteiger partial charge is 0.150 e. The zero-order valence-electron chi connectivity index (χ0n) is 10.3. The van der Waals surface area contributed by atoms with E-state index in [9.17, 15) is 4.39 Å². The number of pyridine rings is 1. The Balaban J connectivity index is 2.63. The van der Waals surface area contributed by atoms with E-state index in [4.69, 9.17) is 12.2 Å². The minimum Gasteiger partial charge on any atom is -0.343 e. The highest BCUT2D eigenvalue weighted by atomic mass is 32.1. The van der Waals surface area contributed by atoms with Crippen LogP contribution in [-0.2, 0) is 6.42 Å². The lowest BCUT2D eigenvalue weighted by Gasteiger charge is -2.09. The molecule has 0 fully saturated rings. The first-order valence-corrected chi connectivity index (χ1v) is 6.24. The van der Waals surface area contributed by atoms with E-state index in [1.165, 1.54) is 6.20 Å². The number of aryl methyl sites for hydroxylation is 1. The molecule has 0 amide bonds. The van der Waals surface area contributed by atoms with Crippen LogP contribution in [-0.4, -0.2) is 15.0 Å². The van der Waals surface area contributed by atoms with Crippen molar-refractivity contribution in [3.63, 3.8) is 0 Å². The van der Waals surface area contributed by atoms with Crippen molar-refractivity contribution in [1.82, 2.24) is 15.0 Å². The van der Waals surface area contributed by atoms with Crippen LogP contribution in [0.25, 0.3) is 11.3 Å². The van der Waals surface area contributed by atoms with Gasteiger partial charge in [0.2, 0.25) is 0 Å². The normalized spacial score (nSPS) is 10.6. The molecule has 0 atom stereocenters. The third kappa shape index (κ3) is 2.46. The predicted octanol–water partition coefficient (Wildman–Crippen LogP) is 3.60. The van der Waals surface area contributed by atoms with E-state index < -0.39 is 0 Å². The van der Waals surface area contributed by atoms with Gasteiger partial charge in [-0.3, -0.25) is 4.98 Å². The van der Waals surface area contributed by atoms with Crippen LogP contribution in [0.15, 0.2) is 18.5 Å². The molecule has 0 aromatic carbocycles. The number of rotatable bonds is 3. The Morgan fingerprint density at radius 1 is 1.44 bits per heavy atom. The molecule has 0 aliphatic rings. The van der Waals surface area contributed by atoms with Gasteiger partial charge in [0.25, 0.3) is 0 Å². The second-order valence-electron chi connectivity index (χ2n) is 4.09. The van der Waals surface area contributed by atoms with Crippen molar-refractivity contribution in [3.8, 4) is 11.3 Å². The van der Waals surface area contributed by atoms with Crippen LogP contribution in [0.5, 0.6) is 0 Å². The summed E-state index contributed by atoms with van der Waals surface area (Å²) < 4.78 is 14.3. The number of hydrogen-bond donors (Lipinski definition) is 1. The van der Waals surface area contributed by atoms with Gasteiger partial charge in [0.1, 0.15) is 10.5 Å². The monoisotopic (exact) mass is 263 g/mol. The summed E-state index contributed by atoms with van der Waals surface area (Å²) in [5.41, 5.74) is 1.96. The minimum absolute atomic E-state index is 0.361. The van der Waals surface area contributed by atoms with Crippen LogP contribution in [0.2, 0.25) is 0 Å². The van der Waals surface area contributed by atoms with Gasteiger partial charge < -0.3 is 4.98 Å². The molecule has 0 aliphatic heterocycles. The van der Waals surface area contributed by atoms with Crippen molar-refractivity contribution in [2.45, 2.75) is 26.7 Å². The summed E-state index contributed by atoms with van der Waals surface area (Å²) in [6, 6.07) is 1.64. The molecule has 3 nitrogen and oxygen atoms in total. The Morgan fingerprint density at radius 2 is 2.22 bits per heavy atom. The Morgan fingerprint density at radius 3 is 2.89 bits per heavy atom. The number of halogens is 1. The van der Waals surface area contributed by atoms with E-state index in [0.717, 1.165) is 24.2 Å². The summed E-state index contributed by atoms with van der Waals surface area (Å²) in [5, 5.41) is 0. The van der Waals surface area contributed by atoms with E-state index in [-0.39, 0.29) is 5.82 Å². The fraction of sp³-hybridized carbons (Fsp3) is 0.308. The second kappa shape index (κ2) is 5.35. The standard InChI is InChI=1S/C13H14FN3S/c1-3-4-11-16-12(8(2)13(18)17-11)9-5-6-15-7-10(9)14/h5-7H,3-4H2,1-2H3,(H,16,17,18). The topological polar surface area (TPSA) is 41.6 Å². The van der Waals surface area contributed by atoms with Gasteiger partial charge in [0, 0.05) is 23.7 Å². The molecule has 0 spiro atoms. The molecule has 0 unspecified atom stereocenters. The van der Waals surface area contributed by atoms with Crippen LogP contribution >= 0.6 is 12.2 Å². The summed E-state index contributed by atoms with van der Waals surface area (Å²) in [6.45, 7) is 3.90. The average Bonchev–Trinajstić information content (AvgIpc) is 2.35. The first-order chi connectivity index (χ1) is 8.63. The van der Waals surface area contributed by atoms with E-state index in [2.05, 4.69) is 21.9 Å². The van der Waals surface area contributed by atoms with Crippen LogP contribution in [0.3, 0.4) is 0 Å². The molecule has 2 heterocycles. The fourth-order valence-electron chi connectivity index (χ4n) is 1.78. The molecule has 0 saturated heterocycles. The zero-order chi connectivity index (χ0) is 13.1. The Hall–Kier alpha value is -1.62. The molecule has 0 radical (unpaired) electrons. The van der Waals surface area contributed by atoms with Crippen molar-refractivity contribution in [3.05, 3.63) is 40.3 Å². The van der Waals surface area contributed by atoms with Crippen molar-refractivity contribution in [1.29, 1.82) is 0 Å². The molecule has 5 heteroatoms. The quantitative estimate of drug-likeness (QED) is 0.860. The first kappa shape index (κ1) is 12.8. The minimum atomic E-state index is -0.361. The molecule has 0 aliphatic carbocycles. The maximum Gasteiger partial charge on any atom is 0.150 e. The predicted molar refractivity (Wildman–Crippen MR) is 71.3 cm³/mol. The number of nitrogens with zero attached hydrogens (tertiary/aromatic N) is 2. The molecule has 94 valence electrons. The van der Waals surface area contributed by atoms with Gasteiger partial charge in [0.05, 0.1) is 11.9 Å². The second-order valence-corrected chi connectivity index (χ2v) is 4.48. The van der Waals surface area contributed by atoms with Crippen LogP contribution in [0, 0.1) is 17.4 Å². The van der Waals surface area contributed by atoms with Crippen LogP contribution in [0.1, 0.15) is 24.7 Å². The van der Waals surface area contributed by atoms with Crippen LogP contribution < -0.4 is 0 Å². The Bertz CT molecular complexity index is 622. The van der Waals surface area contributed by atoms with Crippen molar-refractivity contribution >= 4 is 12.2 Å². The third-order valence-corrected chi connectivity index (χ3v) is 3.13. The molecular formula is C13H14FN3S. The van der Waals surface area contributed by atoms with Crippen molar-refractivity contribution in [2.75, 3.05) is 0 Å². The number of H-pyrrole nitrogens is 1. The molecule has 2 aromatic heterocycles. The number of nitrogens with one attached hydrogen (secondary N) is 1. The molecule has 2 aromatic rings. The zero-order valence-corrected chi connectivity index (χ0v) is 11.1. The van der Waals surface area contributed by atoms with Gasteiger partial charge in [-0.1, -0.05) is 19.1 Å². The van der Waals surface area contributed by atoms with E-state index in [1.807, 2.05) is 6.92 Å². The third-order valence-electron chi connectivity index (χ3n) is 2.73. The number of aromatic nitrogens is 3. The highest BCUT2D eigenvalue weighted by molar-refractivity contribution is 7.71. The van der Waals surface area contributed by atoms with E-state index in [1.54, 1.807) is 12.3 Å². The summed E-state index contributed by atoms with van der Waals surface area (Å²) in [4.78, 5) is 11.2. The van der Waals surface area contributed by atoms with Crippen molar-refractivity contribution in [2.24, 2.45) is 0 Å². The molecule has 0 saturated carbocycles. The largest absolute Gasteiger partial charge is 0.343 e. The highest BCUT2D eigenvalue weighted by Crippen LogP contribution is 2.23. The summed E-state index contributed by atoms with van der Waals surface area (Å²) in [5.74, 6) is 0.430. The Kier molecular flexibility index (Phi) is 3.81. The van der Waals surface area contributed by atoms with Crippen LogP contribution in [0.4, 0.5) is 4.39 Å². The lowest BCUT2D eigenvalue weighted by atomic mass is 10.1. The maximum absolute atomic E-state index is 13.8. The van der Waals surface area contributed by atoms with E-state index >= 15 is 0 Å². The highest BCUT2D eigenvalue weighted by Gasteiger charge is 2.11. The molecule has 0 bridgehead atoms. The summed E-state index contributed by atoms with van der Waals surface area (Å²) in [7, 11) is 0. The molecule has 1 N–H and O–H groups in total. The molecular weight excluding hydrogens is 249 g/mol. The summed E-state index contributed by atoms with van der Waals surface area (Å²) >= 11 is 5.22. The lowest BCUT2D eigenvalue weighted by molar-refractivity contribution is 0.624.